The summed E-state index contributed by atoms with van der Waals surface area (Å²) in [5.41, 5.74) is 0. The molecule has 0 aromatic carbocycles. The van der Waals surface area contributed by atoms with Crippen LogP contribution in [0.3, 0.4) is 0 Å². The van der Waals surface area contributed by atoms with Gasteiger partial charge in [0.15, 0.2) is 15.9 Å². The molecule has 2 aliphatic rings. The van der Waals surface area contributed by atoms with Crippen LogP contribution < -0.4 is 0 Å². The van der Waals surface area contributed by atoms with Crippen LogP contribution in [0.5, 0.6) is 0 Å². The van der Waals surface area contributed by atoms with Crippen LogP contribution in [0.15, 0.2) is 0 Å². The first-order valence-corrected chi connectivity index (χ1v) is 9.61. The Balaban J connectivity index is 0.00000364. The van der Waals surface area contributed by atoms with E-state index in [9.17, 15) is 27.6 Å². The molecule has 27 heavy (non-hydrogen) atoms. The van der Waals surface area contributed by atoms with Gasteiger partial charge in [0.1, 0.15) is 10.1 Å². The molecule has 2 heterocycles. The van der Waals surface area contributed by atoms with Gasteiger partial charge in [-0.05, 0) is 26.7 Å². The van der Waals surface area contributed by atoms with Crippen molar-refractivity contribution in [2.45, 2.75) is 62.1 Å². The standard InChI is InChI=1S/C15H21NO9S.ClH/c1-15(2)13(16-9(17)8-10(16)26(15,21)22)14(20)25-24-12(19)7-5-4-6-11(18)23-3;/h10,13H,4-8H2,1-3H3;1H/t10-,13+;/m1./s1. The highest BCUT2D eigenvalue weighted by molar-refractivity contribution is 7.93. The van der Waals surface area contributed by atoms with Crippen molar-refractivity contribution in [2.75, 3.05) is 7.11 Å². The van der Waals surface area contributed by atoms with Crippen LogP contribution in [-0.2, 0) is 43.5 Å². The second kappa shape index (κ2) is 8.42. The lowest BCUT2D eigenvalue weighted by Gasteiger charge is -2.35. The largest absolute Gasteiger partial charge is 0.469 e. The molecule has 154 valence electrons. The van der Waals surface area contributed by atoms with Crippen LogP contribution in [0.2, 0.25) is 0 Å². The van der Waals surface area contributed by atoms with E-state index < -0.39 is 49.8 Å². The molecule has 0 aliphatic carbocycles. The summed E-state index contributed by atoms with van der Waals surface area (Å²) in [7, 11) is -2.48. The highest BCUT2D eigenvalue weighted by atomic mass is 35.5. The van der Waals surface area contributed by atoms with E-state index in [0.717, 1.165) is 4.90 Å². The summed E-state index contributed by atoms with van der Waals surface area (Å²) in [6.07, 6.45) is 0.600. The maximum absolute atomic E-state index is 12.4. The monoisotopic (exact) mass is 427 g/mol. The summed E-state index contributed by atoms with van der Waals surface area (Å²) in [5, 5.41) is -1.04. The predicted molar refractivity (Wildman–Crippen MR) is 92.0 cm³/mol. The molecule has 1 amide bonds. The lowest BCUT2D eigenvalue weighted by atomic mass is 9.98. The quantitative estimate of drug-likeness (QED) is 0.192. The summed E-state index contributed by atoms with van der Waals surface area (Å²) in [6, 6.07) is -1.37. The van der Waals surface area contributed by atoms with Crippen LogP contribution in [0, 0.1) is 0 Å². The van der Waals surface area contributed by atoms with Crippen molar-refractivity contribution in [2.24, 2.45) is 0 Å². The van der Waals surface area contributed by atoms with Gasteiger partial charge in [0.05, 0.1) is 20.0 Å². The summed E-state index contributed by atoms with van der Waals surface area (Å²) in [5.74, 6) is -2.83. The summed E-state index contributed by atoms with van der Waals surface area (Å²) in [6.45, 7) is 2.66. The van der Waals surface area contributed by atoms with E-state index in [1.807, 2.05) is 0 Å². The topological polar surface area (TPSA) is 133 Å². The van der Waals surface area contributed by atoms with Crippen LogP contribution >= 0.6 is 12.4 Å². The number of hydrogen-bond acceptors (Lipinski definition) is 9. The first-order chi connectivity index (χ1) is 12.0. The van der Waals surface area contributed by atoms with Crippen LogP contribution in [-0.4, -0.2) is 60.4 Å². The number of unbranched alkanes of at least 4 members (excludes halogenated alkanes) is 1. The van der Waals surface area contributed by atoms with E-state index in [1.165, 1.54) is 21.0 Å². The fourth-order valence-electron chi connectivity index (χ4n) is 3.02. The number of esters is 1. The fourth-order valence-corrected chi connectivity index (χ4v) is 5.15. The second-order valence-corrected chi connectivity index (χ2v) is 9.34. The minimum absolute atomic E-state index is 0. The van der Waals surface area contributed by atoms with E-state index >= 15 is 0 Å². The van der Waals surface area contributed by atoms with Gasteiger partial charge in [0.2, 0.25) is 5.91 Å². The zero-order valence-electron chi connectivity index (χ0n) is 15.1. The average Bonchev–Trinajstić information content (AvgIpc) is 2.70. The number of rotatable bonds is 6. The smallest absolute Gasteiger partial charge is 0.379 e. The summed E-state index contributed by atoms with van der Waals surface area (Å²) >= 11 is 0. The molecule has 0 aromatic heterocycles. The van der Waals surface area contributed by atoms with Crippen LogP contribution in [0.4, 0.5) is 0 Å². The van der Waals surface area contributed by atoms with Crippen molar-refractivity contribution in [3.05, 3.63) is 0 Å². The van der Waals surface area contributed by atoms with Crippen molar-refractivity contribution in [1.29, 1.82) is 0 Å². The number of ether oxygens (including phenoxy) is 1. The molecule has 2 rings (SSSR count). The SMILES string of the molecule is COC(=O)CCCCC(=O)OOC(=O)[C@@H]1N2C(=O)C[C@H]2S(=O)(=O)C1(C)C.Cl. The summed E-state index contributed by atoms with van der Waals surface area (Å²) in [4.78, 5) is 56.3. The predicted octanol–water partition coefficient (Wildman–Crippen LogP) is 0.277. The van der Waals surface area contributed by atoms with Crippen molar-refractivity contribution in [1.82, 2.24) is 4.90 Å². The number of hydrogen-bond donors (Lipinski definition) is 0. The number of halogens is 1. The molecule has 2 fully saturated rings. The minimum atomic E-state index is -3.74. The van der Waals surface area contributed by atoms with Crippen molar-refractivity contribution >= 4 is 46.1 Å². The molecule has 0 unspecified atom stereocenters. The first-order valence-electron chi connectivity index (χ1n) is 8.06. The molecule has 2 aliphatic heterocycles. The van der Waals surface area contributed by atoms with Gasteiger partial charge >= 0.3 is 17.9 Å². The number of carbonyl (C=O) groups excluding carboxylic acids is 4. The van der Waals surface area contributed by atoms with Gasteiger partial charge in [-0.1, -0.05) is 0 Å². The number of sulfone groups is 1. The molecule has 0 aromatic rings. The number of fused-ring (bicyclic) bond motifs is 1. The highest BCUT2D eigenvalue weighted by Crippen LogP contribution is 2.46. The van der Waals surface area contributed by atoms with Gasteiger partial charge in [0, 0.05) is 6.42 Å². The number of β-lactam (4-membered cyclic amide) rings is 1. The average molecular weight is 428 g/mol. The Hall–Kier alpha value is -1.88. The zero-order chi connectivity index (χ0) is 19.7. The number of carbonyl (C=O) groups is 4. The molecule has 2 atom stereocenters. The van der Waals surface area contributed by atoms with Crippen LogP contribution in [0.25, 0.3) is 0 Å². The number of methoxy groups -OCH3 is 1. The van der Waals surface area contributed by atoms with E-state index in [4.69, 9.17) is 0 Å². The minimum Gasteiger partial charge on any atom is -0.469 e. The lowest BCUT2D eigenvalue weighted by molar-refractivity contribution is -0.263. The molecule has 0 N–H and O–H groups in total. The Labute approximate surface area is 162 Å². The molecular weight excluding hydrogens is 406 g/mol. The van der Waals surface area contributed by atoms with Gasteiger partial charge in [-0.3, -0.25) is 9.59 Å². The van der Waals surface area contributed by atoms with E-state index in [1.54, 1.807) is 0 Å². The lowest BCUT2D eigenvalue weighted by Crippen LogP contribution is -2.57. The molecule has 12 heteroatoms. The van der Waals surface area contributed by atoms with E-state index in [2.05, 4.69) is 14.5 Å². The van der Waals surface area contributed by atoms with Gasteiger partial charge in [-0.2, -0.15) is 0 Å². The Morgan fingerprint density at radius 1 is 1.11 bits per heavy atom. The van der Waals surface area contributed by atoms with Crippen molar-refractivity contribution in [3.63, 3.8) is 0 Å². The van der Waals surface area contributed by atoms with Gasteiger partial charge in [-0.15, -0.1) is 12.4 Å². The Morgan fingerprint density at radius 3 is 2.19 bits per heavy atom. The first kappa shape index (κ1) is 23.2. The normalized spacial score (nSPS) is 24.1. The number of amides is 1. The molecule has 0 radical (unpaired) electrons. The Kier molecular flexibility index (Phi) is 7.23. The fraction of sp³-hybridized carbons (Fsp3) is 0.733. The Bertz CT molecular complexity index is 734. The zero-order valence-corrected chi connectivity index (χ0v) is 16.8. The second-order valence-electron chi connectivity index (χ2n) is 6.65. The summed E-state index contributed by atoms with van der Waals surface area (Å²) < 4.78 is 27.7. The third-order valence-electron chi connectivity index (χ3n) is 4.66. The van der Waals surface area contributed by atoms with Crippen molar-refractivity contribution < 1.29 is 42.1 Å². The maximum atomic E-state index is 12.4. The highest BCUT2D eigenvalue weighted by Gasteiger charge is 2.68. The Morgan fingerprint density at radius 2 is 1.67 bits per heavy atom. The van der Waals surface area contributed by atoms with Crippen LogP contribution in [0.1, 0.15) is 46.0 Å². The van der Waals surface area contributed by atoms with E-state index in [-0.39, 0.29) is 31.7 Å². The molecule has 0 spiro atoms. The molecule has 2 saturated heterocycles. The van der Waals surface area contributed by atoms with E-state index in [0.29, 0.717) is 12.8 Å². The van der Waals surface area contributed by atoms with Gasteiger partial charge < -0.3 is 9.64 Å². The van der Waals surface area contributed by atoms with Crippen molar-refractivity contribution in [3.8, 4) is 0 Å². The molecular formula is C15H22ClNO9S. The molecule has 10 nitrogen and oxygen atoms in total. The maximum Gasteiger partial charge on any atom is 0.379 e. The van der Waals surface area contributed by atoms with Gasteiger partial charge in [-0.25, -0.2) is 27.8 Å². The molecule has 0 bridgehead atoms. The molecule has 0 saturated carbocycles. The third kappa shape index (κ3) is 4.18. The third-order valence-corrected chi connectivity index (χ3v) is 7.46. The number of nitrogens with zero attached hydrogens (tertiary/aromatic N) is 1. The van der Waals surface area contributed by atoms with Gasteiger partial charge in [0.25, 0.3) is 0 Å².